The standard InChI is InChI=1S/C8H15NO2/c1-4-5-7(2)9-8(10)6-11-3/h4,7H,1,5-6H2,2-3H3,(H,9,10). The topological polar surface area (TPSA) is 38.3 Å². The molecule has 3 heteroatoms. The molecule has 1 unspecified atom stereocenters. The van der Waals surface area contributed by atoms with Gasteiger partial charge in [-0.2, -0.15) is 0 Å². The first kappa shape index (κ1) is 10.2. The Morgan fingerprint density at radius 3 is 2.91 bits per heavy atom. The number of carbonyl (C=O) groups excluding carboxylic acids is 1. The molecule has 1 atom stereocenters. The van der Waals surface area contributed by atoms with Crippen molar-refractivity contribution in [2.45, 2.75) is 19.4 Å². The molecule has 0 aliphatic carbocycles. The summed E-state index contributed by atoms with van der Waals surface area (Å²) in [7, 11) is 1.50. The van der Waals surface area contributed by atoms with E-state index in [4.69, 9.17) is 0 Å². The molecule has 64 valence electrons. The van der Waals surface area contributed by atoms with Crippen LogP contribution in [0.15, 0.2) is 12.7 Å². The Kier molecular flexibility index (Phi) is 5.47. The quantitative estimate of drug-likeness (QED) is 0.597. The lowest BCUT2D eigenvalue weighted by Gasteiger charge is -2.10. The third kappa shape index (κ3) is 5.61. The molecule has 0 heterocycles. The van der Waals surface area contributed by atoms with Gasteiger partial charge in [0.1, 0.15) is 6.61 Å². The van der Waals surface area contributed by atoms with Gasteiger partial charge in [0, 0.05) is 13.2 Å². The molecule has 1 amide bonds. The molecule has 0 aromatic heterocycles. The molecule has 0 saturated carbocycles. The zero-order chi connectivity index (χ0) is 8.69. The van der Waals surface area contributed by atoms with Crippen molar-refractivity contribution in [2.24, 2.45) is 0 Å². The van der Waals surface area contributed by atoms with E-state index >= 15 is 0 Å². The van der Waals surface area contributed by atoms with Crippen LogP contribution >= 0.6 is 0 Å². The van der Waals surface area contributed by atoms with Crippen LogP contribution in [0.2, 0.25) is 0 Å². The lowest BCUT2D eigenvalue weighted by atomic mass is 10.2. The van der Waals surface area contributed by atoms with Crippen molar-refractivity contribution in [1.29, 1.82) is 0 Å². The highest BCUT2D eigenvalue weighted by Gasteiger charge is 2.03. The molecule has 0 aliphatic rings. The second kappa shape index (κ2) is 5.92. The van der Waals surface area contributed by atoms with Crippen molar-refractivity contribution < 1.29 is 9.53 Å². The highest BCUT2D eigenvalue weighted by Crippen LogP contribution is 1.89. The zero-order valence-electron chi connectivity index (χ0n) is 7.09. The van der Waals surface area contributed by atoms with Gasteiger partial charge in [0.05, 0.1) is 0 Å². The summed E-state index contributed by atoms with van der Waals surface area (Å²) in [6.45, 7) is 5.62. The fourth-order valence-corrected chi connectivity index (χ4v) is 0.757. The van der Waals surface area contributed by atoms with Crippen molar-refractivity contribution in [1.82, 2.24) is 5.32 Å². The minimum absolute atomic E-state index is 0.0816. The molecule has 0 radical (unpaired) electrons. The van der Waals surface area contributed by atoms with Gasteiger partial charge in [0.15, 0.2) is 0 Å². The van der Waals surface area contributed by atoms with E-state index in [-0.39, 0.29) is 18.6 Å². The van der Waals surface area contributed by atoms with Crippen molar-refractivity contribution in [3.05, 3.63) is 12.7 Å². The highest BCUT2D eigenvalue weighted by molar-refractivity contribution is 5.77. The monoisotopic (exact) mass is 157 g/mol. The van der Waals surface area contributed by atoms with Crippen LogP contribution < -0.4 is 5.32 Å². The molecular formula is C8H15NO2. The highest BCUT2D eigenvalue weighted by atomic mass is 16.5. The summed E-state index contributed by atoms with van der Waals surface area (Å²) >= 11 is 0. The Morgan fingerprint density at radius 1 is 1.82 bits per heavy atom. The molecule has 0 spiro atoms. The van der Waals surface area contributed by atoms with Crippen LogP contribution in [0.3, 0.4) is 0 Å². The second-order valence-electron chi connectivity index (χ2n) is 2.43. The lowest BCUT2D eigenvalue weighted by molar-refractivity contribution is -0.125. The molecule has 0 saturated heterocycles. The Hall–Kier alpha value is -0.830. The van der Waals surface area contributed by atoms with Crippen molar-refractivity contribution in [2.75, 3.05) is 13.7 Å². The molecule has 0 fully saturated rings. The number of rotatable bonds is 5. The van der Waals surface area contributed by atoms with Gasteiger partial charge in [-0.25, -0.2) is 0 Å². The van der Waals surface area contributed by atoms with Gasteiger partial charge in [-0.05, 0) is 13.3 Å². The maximum atomic E-state index is 10.9. The number of hydrogen-bond acceptors (Lipinski definition) is 2. The maximum absolute atomic E-state index is 10.9. The van der Waals surface area contributed by atoms with Gasteiger partial charge in [0.2, 0.25) is 5.91 Å². The summed E-state index contributed by atoms with van der Waals surface area (Å²) in [5, 5.41) is 2.75. The van der Waals surface area contributed by atoms with Gasteiger partial charge in [0.25, 0.3) is 0 Å². The van der Waals surface area contributed by atoms with E-state index < -0.39 is 0 Å². The van der Waals surface area contributed by atoms with Crippen LogP contribution in [0, 0.1) is 0 Å². The Morgan fingerprint density at radius 2 is 2.45 bits per heavy atom. The number of carbonyl (C=O) groups is 1. The van der Waals surface area contributed by atoms with Crippen molar-refractivity contribution in [3.63, 3.8) is 0 Å². The van der Waals surface area contributed by atoms with Crippen LogP contribution in [-0.2, 0) is 9.53 Å². The maximum Gasteiger partial charge on any atom is 0.246 e. The van der Waals surface area contributed by atoms with Crippen LogP contribution in [0.1, 0.15) is 13.3 Å². The number of ether oxygens (including phenoxy) is 1. The normalized spacial score (nSPS) is 12.2. The minimum Gasteiger partial charge on any atom is -0.375 e. The smallest absolute Gasteiger partial charge is 0.246 e. The third-order valence-electron chi connectivity index (χ3n) is 1.20. The summed E-state index contributed by atoms with van der Waals surface area (Å²) in [5.41, 5.74) is 0. The number of methoxy groups -OCH3 is 1. The van der Waals surface area contributed by atoms with Crippen molar-refractivity contribution >= 4 is 5.91 Å². The SMILES string of the molecule is C=CCC(C)NC(=O)COC. The molecule has 0 aliphatic heterocycles. The van der Waals surface area contributed by atoms with E-state index in [2.05, 4.69) is 16.6 Å². The average molecular weight is 157 g/mol. The first-order valence-electron chi connectivity index (χ1n) is 3.60. The molecule has 0 bridgehead atoms. The fourth-order valence-electron chi connectivity index (χ4n) is 0.757. The molecule has 0 aromatic rings. The van der Waals surface area contributed by atoms with E-state index in [9.17, 15) is 4.79 Å². The molecular weight excluding hydrogens is 142 g/mol. The Balaban J connectivity index is 3.48. The number of nitrogens with one attached hydrogen (secondary N) is 1. The van der Waals surface area contributed by atoms with Crippen LogP contribution in [-0.4, -0.2) is 25.7 Å². The van der Waals surface area contributed by atoms with Crippen LogP contribution in [0.4, 0.5) is 0 Å². The predicted octanol–water partition coefficient (Wildman–Crippen LogP) is 0.714. The zero-order valence-corrected chi connectivity index (χ0v) is 7.09. The Bertz CT molecular complexity index is 134. The van der Waals surface area contributed by atoms with Crippen LogP contribution in [0.25, 0.3) is 0 Å². The second-order valence-corrected chi connectivity index (χ2v) is 2.43. The lowest BCUT2D eigenvalue weighted by Crippen LogP contribution is -2.34. The third-order valence-corrected chi connectivity index (χ3v) is 1.20. The van der Waals surface area contributed by atoms with Gasteiger partial charge in [-0.15, -0.1) is 6.58 Å². The first-order valence-corrected chi connectivity index (χ1v) is 3.60. The van der Waals surface area contributed by atoms with Gasteiger partial charge >= 0.3 is 0 Å². The van der Waals surface area contributed by atoms with Gasteiger partial charge in [-0.3, -0.25) is 4.79 Å². The first-order chi connectivity index (χ1) is 5.20. The number of amides is 1. The van der Waals surface area contributed by atoms with E-state index in [1.165, 1.54) is 7.11 Å². The Labute approximate surface area is 67.4 Å². The summed E-state index contributed by atoms with van der Waals surface area (Å²) in [4.78, 5) is 10.9. The fraction of sp³-hybridized carbons (Fsp3) is 0.625. The summed E-state index contributed by atoms with van der Waals surface area (Å²) in [6, 6.07) is 0.148. The minimum atomic E-state index is -0.0816. The summed E-state index contributed by atoms with van der Waals surface area (Å²) in [6.07, 6.45) is 2.56. The molecule has 3 nitrogen and oxygen atoms in total. The summed E-state index contributed by atoms with van der Waals surface area (Å²) < 4.78 is 4.64. The van der Waals surface area contributed by atoms with Crippen LogP contribution in [0.5, 0.6) is 0 Å². The van der Waals surface area contributed by atoms with E-state index in [1.807, 2.05) is 6.92 Å². The molecule has 1 N–H and O–H groups in total. The predicted molar refractivity (Wildman–Crippen MR) is 44.3 cm³/mol. The van der Waals surface area contributed by atoms with Gasteiger partial charge in [-0.1, -0.05) is 6.08 Å². The number of hydrogen-bond donors (Lipinski definition) is 1. The van der Waals surface area contributed by atoms with E-state index in [0.29, 0.717) is 0 Å². The average Bonchev–Trinajstić information content (AvgIpc) is 1.87. The molecule has 0 rings (SSSR count). The molecule has 0 aromatic carbocycles. The largest absolute Gasteiger partial charge is 0.375 e. The van der Waals surface area contributed by atoms with Crippen molar-refractivity contribution in [3.8, 4) is 0 Å². The van der Waals surface area contributed by atoms with E-state index in [0.717, 1.165) is 6.42 Å². The van der Waals surface area contributed by atoms with E-state index in [1.54, 1.807) is 6.08 Å². The summed E-state index contributed by atoms with van der Waals surface area (Å²) in [5.74, 6) is -0.0816. The molecule has 11 heavy (non-hydrogen) atoms. The van der Waals surface area contributed by atoms with Gasteiger partial charge < -0.3 is 10.1 Å².